The van der Waals surface area contributed by atoms with Crippen LogP contribution in [-0.4, -0.2) is 27.1 Å². The number of nitrogens with one attached hydrogen (secondary N) is 1. The molecule has 0 amide bonds. The largest absolute Gasteiger partial charge is 0.478 e. The van der Waals surface area contributed by atoms with E-state index in [2.05, 4.69) is 21.7 Å². The maximum atomic E-state index is 11.1. The number of halogens is 1. The monoisotopic (exact) mass is 393 g/mol. The van der Waals surface area contributed by atoms with Gasteiger partial charge in [-0.15, -0.1) is 0 Å². The van der Waals surface area contributed by atoms with E-state index in [-0.39, 0.29) is 5.56 Å². The molecule has 0 aliphatic carbocycles. The first-order valence-electron chi connectivity index (χ1n) is 8.40. The second kappa shape index (κ2) is 8.84. The van der Waals surface area contributed by atoms with Gasteiger partial charge in [-0.25, -0.2) is 4.79 Å². The van der Waals surface area contributed by atoms with E-state index in [0.29, 0.717) is 23.7 Å². The van der Waals surface area contributed by atoms with Crippen molar-refractivity contribution in [3.8, 4) is 17.3 Å². The lowest BCUT2D eigenvalue weighted by Crippen LogP contribution is -1.98. The molecule has 0 aliphatic heterocycles. The number of hydrogen-bond acceptors (Lipinski definition) is 5. The van der Waals surface area contributed by atoms with Gasteiger partial charge in [0.1, 0.15) is 5.69 Å². The van der Waals surface area contributed by atoms with Gasteiger partial charge in [-0.2, -0.15) is 15.5 Å². The summed E-state index contributed by atoms with van der Waals surface area (Å²) in [5.41, 5.74) is 5.67. The van der Waals surface area contributed by atoms with Crippen LogP contribution in [0, 0.1) is 11.3 Å². The molecule has 0 aliphatic rings. The van der Waals surface area contributed by atoms with Crippen molar-refractivity contribution in [3.05, 3.63) is 70.9 Å². The minimum atomic E-state index is -1.05. The topological polar surface area (TPSA) is 103 Å². The van der Waals surface area contributed by atoms with E-state index in [1.807, 2.05) is 30.3 Å². The van der Waals surface area contributed by atoms with E-state index in [1.165, 1.54) is 18.2 Å². The molecule has 0 fully saturated rings. The number of carbonyl (C=O) groups is 1. The van der Waals surface area contributed by atoms with Crippen molar-refractivity contribution in [1.82, 2.24) is 9.78 Å². The molecule has 8 heteroatoms. The number of carboxylic acid groups (broad SMARTS) is 1. The van der Waals surface area contributed by atoms with Crippen LogP contribution in [0.4, 0.5) is 5.69 Å². The quantitative estimate of drug-likeness (QED) is 0.461. The third-order valence-corrected chi connectivity index (χ3v) is 4.22. The molecule has 1 heterocycles. The van der Waals surface area contributed by atoms with Gasteiger partial charge < -0.3 is 5.11 Å². The lowest BCUT2D eigenvalue weighted by atomic mass is 10.1. The summed E-state index contributed by atoms with van der Waals surface area (Å²) in [6, 6.07) is 16.1. The van der Waals surface area contributed by atoms with E-state index in [9.17, 15) is 4.79 Å². The first kappa shape index (κ1) is 19.1. The van der Waals surface area contributed by atoms with Gasteiger partial charge in [-0.3, -0.25) is 10.1 Å². The number of anilines is 1. The second-order valence-electron chi connectivity index (χ2n) is 5.84. The van der Waals surface area contributed by atoms with Crippen molar-refractivity contribution >= 4 is 29.5 Å². The van der Waals surface area contributed by atoms with E-state index < -0.39 is 5.97 Å². The van der Waals surface area contributed by atoms with Crippen LogP contribution in [0.2, 0.25) is 5.02 Å². The molecule has 0 atom stereocenters. The van der Waals surface area contributed by atoms with Gasteiger partial charge in [0.25, 0.3) is 0 Å². The molecule has 1 aromatic heterocycles. The van der Waals surface area contributed by atoms with Gasteiger partial charge in [0.15, 0.2) is 0 Å². The molecule has 140 valence electrons. The van der Waals surface area contributed by atoms with Crippen LogP contribution in [0.25, 0.3) is 11.3 Å². The predicted molar refractivity (Wildman–Crippen MR) is 108 cm³/mol. The van der Waals surface area contributed by atoms with Crippen LogP contribution >= 0.6 is 11.6 Å². The Morgan fingerprint density at radius 1 is 1.32 bits per heavy atom. The summed E-state index contributed by atoms with van der Waals surface area (Å²) in [5, 5.41) is 27.0. The zero-order chi connectivity index (χ0) is 19.9. The van der Waals surface area contributed by atoms with E-state index in [1.54, 1.807) is 17.1 Å². The van der Waals surface area contributed by atoms with Gasteiger partial charge >= 0.3 is 5.97 Å². The molecule has 0 spiro atoms. The summed E-state index contributed by atoms with van der Waals surface area (Å²) in [7, 11) is 0. The van der Waals surface area contributed by atoms with E-state index in [0.717, 1.165) is 16.8 Å². The number of aryl methyl sites for hydroxylation is 1. The summed E-state index contributed by atoms with van der Waals surface area (Å²) >= 11 is 6.09. The minimum absolute atomic E-state index is 0.108. The highest BCUT2D eigenvalue weighted by atomic mass is 35.5. The van der Waals surface area contributed by atoms with Crippen molar-refractivity contribution in [2.24, 2.45) is 5.10 Å². The fourth-order valence-corrected chi connectivity index (χ4v) is 2.71. The van der Waals surface area contributed by atoms with Gasteiger partial charge in [-0.1, -0.05) is 41.9 Å². The molecule has 2 N–H and O–H groups in total. The first-order chi connectivity index (χ1) is 13.6. The number of aromatic nitrogens is 2. The molecule has 0 bridgehead atoms. The highest BCUT2D eigenvalue weighted by molar-refractivity contribution is 6.33. The Morgan fingerprint density at radius 3 is 2.82 bits per heavy atom. The summed E-state index contributed by atoms with van der Waals surface area (Å²) in [5.74, 6) is -1.05. The number of hydrazone groups is 1. The Balaban J connectivity index is 1.87. The Morgan fingerprint density at radius 2 is 2.11 bits per heavy atom. The molecule has 0 saturated carbocycles. The maximum absolute atomic E-state index is 11.1. The third kappa shape index (κ3) is 4.55. The average molecular weight is 394 g/mol. The number of aromatic carboxylic acids is 1. The fourth-order valence-electron chi connectivity index (χ4n) is 2.55. The Labute approximate surface area is 166 Å². The molecule has 0 saturated heterocycles. The van der Waals surface area contributed by atoms with E-state index >= 15 is 0 Å². The number of hydrogen-bond donors (Lipinski definition) is 2. The van der Waals surface area contributed by atoms with Gasteiger partial charge in [0.05, 0.1) is 41.5 Å². The van der Waals surface area contributed by atoms with Gasteiger partial charge in [-0.05, 0) is 18.2 Å². The summed E-state index contributed by atoms with van der Waals surface area (Å²) in [4.78, 5) is 11.1. The van der Waals surface area contributed by atoms with Crippen LogP contribution < -0.4 is 5.43 Å². The number of carboxylic acids is 1. The van der Waals surface area contributed by atoms with Crippen molar-refractivity contribution in [2.45, 2.75) is 13.0 Å². The average Bonchev–Trinajstić information content (AvgIpc) is 3.11. The summed E-state index contributed by atoms with van der Waals surface area (Å²) in [6.07, 6.45) is 3.74. The number of nitrogens with zero attached hydrogens (tertiary/aromatic N) is 4. The van der Waals surface area contributed by atoms with Crippen LogP contribution in [0.3, 0.4) is 0 Å². The Bertz CT molecular complexity index is 1050. The van der Waals surface area contributed by atoms with Crippen LogP contribution in [0.1, 0.15) is 22.3 Å². The third-order valence-electron chi connectivity index (χ3n) is 3.89. The lowest BCUT2D eigenvalue weighted by Gasteiger charge is -2.04. The second-order valence-corrected chi connectivity index (χ2v) is 6.25. The molecule has 3 aromatic rings. The van der Waals surface area contributed by atoms with Crippen molar-refractivity contribution in [2.75, 3.05) is 5.43 Å². The highest BCUT2D eigenvalue weighted by Gasteiger charge is 2.10. The van der Waals surface area contributed by atoms with Crippen molar-refractivity contribution in [1.29, 1.82) is 5.26 Å². The molecule has 0 radical (unpaired) electrons. The Hall–Kier alpha value is -3.63. The van der Waals surface area contributed by atoms with Crippen LogP contribution in [-0.2, 0) is 6.54 Å². The zero-order valence-electron chi connectivity index (χ0n) is 14.7. The van der Waals surface area contributed by atoms with Gasteiger partial charge in [0, 0.05) is 17.3 Å². The standard InChI is InChI=1S/C20H16ClN5O2/c21-17-8-7-15(20(27)28)11-18(17)24-23-12-16-13-26(10-4-9-22)25-19(16)14-5-2-1-3-6-14/h1-3,5-8,11-13,24H,4,10H2,(H,27,28)/b23-12-. The molecule has 28 heavy (non-hydrogen) atoms. The number of benzene rings is 2. The SMILES string of the molecule is N#CCCn1cc(/C=N\Nc2cc(C(=O)O)ccc2Cl)c(-c2ccccc2)n1. The smallest absolute Gasteiger partial charge is 0.335 e. The van der Waals surface area contributed by atoms with Gasteiger partial charge in [0.2, 0.25) is 0 Å². The molecule has 2 aromatic carbocycles. The minimum Gasteiger partial charge on any atom is -0.478 e. The Kier molecular flexibility index (Phi) is 6.04. The molecule has 7 nitrogen and oxygen atoms in total. The fraction of sp³-hybridized carbons (Fsp3) is 0.100. The molecule has 0 unspecified atom stereocenters. The van der Waals surface area contributed by atoms with Crippen LogP contribution in [0.15, 0.2) is 59.8 Å². The van der Waals surface area contributed by atoms with Crippen molar-refractivity contribution < 1.29 is 9.90 Å². The first-order valence-corrected chi connectivity index (χ1v) is 8.78. The molecular formula is C20H16ClN5O2. The predicted octanol–water partition coefficient (Wildman–Crippen LogP) is 4.26. The number of rotatable bonds is 7. The lowest BCUT2D eigenvalue weighted by molar-refractivity contribution is 0.0697. The number of nitriles is 1. The zero-order valence-corrected chi connectivity index (χ0v) is 15.5. The highest BCUT2D eigenvalue weighted by Crippen LogP contribution is 2.24. The van der Waals surface area contributed by atoms with Crippen LogP contribution in [0.5, 0.6) is 0 Å². The summed E-state index contributed by atoms with van der Waals surface area (Å²) in [6.45, 7) is 0.476. The molecular weight excluding hydrogens is 378 g/mol. The molecule has 3 rings (SSSR count). The van der Waals surface area contributed by atoms with Crippen molar-refractivity contribution in [3.63, 3.8) is 0 Å². The normalized spacial score (nSPS) is 10.7. The summed E-state index contributed by atoms with van der Waals surface area (Å²) < 4.78 is 1.70. The maximum Gasteiger partial charge on any atom is 0.335 e. The van der Waals surface area contributed by atoms with E-state index in [4.69, 9.17) is 22.0 Å².